The average molecular weight is 503 g/mol. The number of nitrogens with one attached hydrogen (secondary N) is 1. The second kappa shape index (κ2) is 11.4. The Labute approximate surface area is 225 Å². The minimum absolute atomic E-state index is 0.00584. The average Bonchev–Trinajstić information content (AvgIpc) is 2.94. The maximum Gasteiger partial charge on any atom is 0.338 e. The summed E-state index contributed by atoms with van der Waals surface area (Å²) in [5.41, 5.74) is 8.18. The Morgan fingerprint density at radius 3 is 1.92 bits per heavy atom. The molecule has 0 aliphatic carbocycles. The van der Waals surface area contributed by atoms with Gasteiger partial charge in [-0.25, -0.2) is 4.79 Å². The normalized spacial score (nSPS) is 17.3. The Morgan fingerprint density at radius 2 is 1.34 bits per heavy atom. The van der Waals surface area contributed by atoms with Crippen LogP contribution in [0.15, 0.2) is 120 Å². The van der Waals surface area contributed by atoms with E-state index in [4.69, 9.17) is 4.74 Å². The van der Waals surface area contributed by atoms with Crippen LogP contribution in [-0.2, 0) is 9.53 Å². The molecule has 4 nitrogen and oxygen atoms in total. The first-order valence-electron chi connectivity index (χ1n) is 13.2. The summed E-state index contributed by atoms with van der Waals surface area (Å²) in [5.74, 6) is -0.292. The lowest BCUT2D eigenvalue weighted by Gasteiger charge is -2.46. The first kappa shape index (κ1) is 25.3. The van der Waals surface area contributed by atoms with Gasteiger partial charge in [-0.15, -0.1) is 0 Å². The van der Waals surface area contributed by atoms with E-state index in [0.717, 1.165) is 22.6 Å². The van der Waals surface area contributed by atoms with Crippen LogP contribution in [0, 0.1) is 13.8 Å². The van der Waals surface area contributed by atoms with Gasteiger partial charge in [-0.1, -0.05) is 96.1 Å². The highest BCUT2D eigenvalue weighted by atomic mass is 16.5. The molecular formula is C34H34N2O2. The summed E-state index contributed by atoms with van der Waals surface area (Å²) in [6.45, 7) is 6.36. The van der Waals surface area contributed by atoms with Crippen molar-refractivity contribution >= 4 is 17.3 Å². The van der Waals surface area contributed by atoms with Crippen LogP contribution in [0.1, 0.15) is 47.7 Å². The Kier molecular flexibility index (Phi) is 7.60. The molecule has 0 bridgehead atoms. The summed E-state index contributed by atoms with van der Waals surface area (Å²) in [6, 6.07) is 37.3. The van der Waals surface area contributed by atoms with Crippen molar-refractivity contribution in [3.63, 3.8) is 0 Å². The highest BCUT2D eigenvalue weighted by molar-refractivity contribution is 5.93. The smallest absolute Gasteiger partial charge is 0.338 e. The maximum absolute atomic E-state index is 13.8. The zero-order chi connectivity index (χ0) is 26.5. The Balaban J connectivity index is 1.77. The lowest BCUT2D eigenvalue weighted by molar-refractivity contribution is -0.139. The molecule has 1 N–H and O–H groups in total. The third-order valence-corrected chi connectivity index (χ3v) is 7.08. The molecule has 0 radical (unpaired) electrons. The Hall–Kier alpha value is -4.31. The lowest BCUT2D eigenvalue weighted by Crippen LogP contribution is -2.41. The molecule has 0 fully saturated rings. The SMILES string of the molecule is CCOC(=O)C1=C(Nc2ccccc2)CC(c2ccc(C)cc2)N(c2ccccc2)C1c1ccc(C)cc1. The molecule has 2 atom stereocenters. The van der Waals surface area contributed by atoms with E-state index in [9.17, 15) is 4.79 Å². The molecule has 1 aliphatic rings. The van der Waals surface area contributed by atoms with Crippen molar-refractivity contribution in [2.45, 2.75) is 39.3 Å². The van der Waals surface area contributed by atoms with E-state index in [1.54, 1.807) is 0 Å². The molecule has 0 aromatic heterocycles. The van der Waals surface area contributed by atoms with Gasteiger partial charge in [0.1, 0.15) is 0 Å². The van der Waals surface area contributed by atoms with Gasteiger partial charge in [0.05, 0.1) is 24.3 Å². The summed E-state index contributed by atoms with van der Waals surface area (Å²) in [6.07, 6.45) is 0.628. The summed E-state index contributed by atoms with van der Waals surface area (Å²) in [5, 5.41) is 3.62. The fourth-order valence-electron chi connectivity index (χ4n) is 5.22. The van der Waals surface area contributed by atoms with E-state index >= 15 is 0 Å². The molecule has 4 aromatic carbocycles. The number of nitrogens with zero attached hydrogens (tertiary/aromatic N) is 1. The number of hydrogen-bond acceptors (Lipinski definition) is 4. The van der Waals surface area contributed by atoms with Gasteiger partial charge in [0, 0.05) is 23.5 Å². The number of carbonyl (C=O) groups excluding carboxylic acids is 1. The Morgan fingerprint density at radius 1 is 0.789 bits per heavy atom. The molecule has 1 aliphatic heterocycles. The molecular weight excluding hydrogens is 468 g/mol. The number of aryl methyl sites for hydroxylation is 2. The molecule has 192 valence electrons. The molecule has 4 aromatic rings. The monoisotopic (exact) mass is 502 g/mol. The summed E-state index contributed by atoms with van der Waals surface area (Å²) < 4.78 is 5.70. The first-order valence-corrected chi connectivity index (χ1v) is 13.2. The molecule has 0 saturated carbocycles. The van der Waals surface area contributed by atoms with Gasteiger partial charge in [0.2, 0.25) is 0 Å². The number of para-hydroxylation sites is 2. The maximum atomic E-state index is 13.8. The minimum atomic E-state index is -0.344. The summed E-state index contributed by atoms with van der Waals surface area (Å²) >= 11 is 0. The number of ether oxygens (including phenoxy) is 1. The number of benzene rings is 4. The van der Waals surface area contributed by atoms with Crippen LogP contribution in [-0.4, -0.2) is 12.6 Å². The minimum Gasteiger partial charge on any atom is -0.463 e. The van der Waals surface area contributed by atoms with Crippen LogP contribution < -0.4 is 10.2 Å². The van der Waals surface area contributed by atoms with Gasteiger partial charge >= 0.3 is 5.97 Å². The quantitative estimate of drug-likeness (QED) is 0.261. The molecule has 2 unspecified atom stereocenters. The van der Waals surface area contributed by atoms with Gasteiger partial charge in [-0.3, -0.25) is 0 Å². The van der Waals surface area contributed by atoms with E-state index < -0.39 is 0 Å². The van der Waals surface area contributed by atoms with Crippen LogP contribution in [0.2, 0.25) is 0 Å². The molecule has 1 heterocycles. The second-order valence-electron chi connectivity index (χ2n) is 9.79. The predicted molar refractivity (Wildman–Crippen MR) is 155 cm³/mol. The van der Waals surface area contributed by atoms with Crippen LogP contribution in [0.3, 0.4) is 0 Å². The molecule has 38 heavy (non-hydrogen) atoms. The fraction of sp³-hybridized carbons (Fsp3) is 0.206. The Bertz CT molecular complexity index is 1390. The fourth-order valence-corrected chi connectivity index (χ4v) is 5.22. The number of carbonyl (C=O) groups is 1. The summed E-state index contributed by atoms with van der Waals surface area (Å²) in [7, 11) is 0. The van der Waals surface area contributed by atoms with Crippen molar-refractivity contribution in [2.24, 2.45) is 0 Å². The van der Waals surface area contributed by atoms with Crippen molar-refractivity contribution < 1.29 is 9.53 Å². The number of anilines is 2. The highest BCUT2D eigenvalue weighted by Gasteiger charge is 2.41. The van der Waals surface area contributed by atoms with E-state index in [-0.39, 0.29) is 18.1 Å². The number of esters is 1. The van der Waals surface area contributed by atoms with Gasteiger partial charge in [-0.05, 0) is 56.2 Å². The molecule has 0 amide bonds. The topological polar surface area (TPSA) is 41.6 Å². The van der Waals surface area contributed by atoms with Gasteiger partial charge in [0.25, 0.3) is 0 Å². The van der Waals surface area contributed by atoms with E-state index in [1.165, 1.54) is 16.7 Å². The van der Waals surface area contributed by atoms with Crippen molar-refractivity contribution in [2.75, 3.05) is 16.8 Å². The van der Waals surface area contributed by atoms with E-state index in [2.05, 4.69) is 96.9 Å². The van der Waals surface area contributed by atoms with Gasteiger partial charge in [-0.2, -0.15) is 0 Å². The zero-order valence-electron chi connectivity index (χ0n) is 22.2. The van der Waals surface area contributed by atoms with Crippen molar-refractivity contribution in [1.29, 1.82) is 0 Å². The number of hydrogen-bond donors (Lipinski definition) is 1. The van der Waals surface area contributed by atoms with Crippen molar-refractivity contribution in [3.8, 4) is 0 Å². The number of rotatable bonds is 7. The van der Waals surface area contributed by atoms with E-state index in [0.29, 0.717) is 18.6 Å². The van der Waals surface area contributed by atoms with Crippen LogP contribution in [0.5, 0.6) is 0 Å². The van der Waals surface area contributed by atoms with Gasteiger partial charge < -0.3 is 15.0 Å². The van der Waals surface area contributed by atoms with Crippen molar-refractivity contribution in [3.05, 3.63) is 143 Å². The second-order valence-corrected chi connectivity index (χ2v) is 9.79. The largest absolute Gasteiger partial charge is 0.463 e. The van der Waals surface area contributed by atoms with Crippen LogP contribution in [0.4, 0.5) is 11.4 Å². The third kappa shape index (κ3) is 5.35. The van der Waals surface area contributed by atoms with E-state index in [1.807, 2.05) is 43.3 Å². The third-order valence-electron chi connectivity index (χ3n) is 7.08. The van der Waals surface area contributed by atoms with Crippen LogP contribution in [0.25, 0.3) is 0 Å². The van der Waals surface area contributed by atoms with Gasteiger partial charge in [0.15, 0.2) is 0 Å². The zero-order valence-corrected chi connectivity index (χ0v) is 22.2. The summed E-state index contributed by atoms with van der Waals surface area (Å²) in [4.78, 5) is 16.2. The van der Waals surface area contributed by atoms with Crippen LogP contribution >= 0.6 is 0 Å². The highest BCUT2D eigenvalue weighted by Crippen LogP contribution is 2.48. The first-order chi connectivity index (χ1) is 18.5. The molecule has 0 spiro atoms. The predicted octanol–water partition coefficient (Wildman–Crippen LogP) is 7.93. The molecule has 4 heteroatoms. The van der Waals surface area contributed by atoms with Crippen molar-refractivity contribution in [1.82, 2.24) is 0 Å². The molecule has 0 saturated heterocycles. The standard InChI is InChI=1S/C34H34N2O2/c1-4-38-34(37)32-30(35-28-11-7-5-8-12-28)23-31(26-19-15-24(2)16-20-26)36(29-13-9-6-10-14-29)33(32)27-21-17-25(3)18-22-27/h5-22,31,33,35H,4,23H2,1-3H3. The lowest BCUT2D eigenvalue weighted by atomic mass is 9.83. The molecule has 5 rings (SSSR count).